The van der Waals surface area contributed by atoms with Crippen molar-refractivity contribution in [3.05, 3.63) is 59.0 Å². The van der Waals surface area contributed by atoms with Gasteiger partial charge in [0, 0.05) is 24.2 Å². The number of carboxylic acids is 1. The molecule has 0 saturated carbocycles. The highest BCUT2D eigenvalue weighted by molar-refractivity contribution is 5.96. The van der Waals surface area contributed by atoms with E-state index in [0.29, 0.717) is 16.9 Å². The molecule has 40 heavy (non-hydrogen) atoms. The van der Waals surface area contributed by atoms with E-state index in [1.807, 2.05) is 0 Å². The lowest BCUT2D eigenvalue weighted by Gasteiger charge is -2.18. The molecular weight excluding hydrogens is 522 g/mol. The molecule has 0 bridgehead atoms. The van der Waals surface area contributed by atoms with Crippen molar-refractivity contribution < 1.29 is 24.3 Å². The number of amides is 2. The minimum absolute atomic E-state index is 0.0530. The summed E-state index contributed by atoms with van der Waals surface area (Å²) in [6.07, 6.45) is 1.37. The number of nitrogens with zero attached hydrogens (tertiary/aromatic N) is 3. The molecule has 0 spiro atoms. The number of fused-ring (bicyclic) bond motifs is 1. The second-order valence-corrected chi connectivity index (χ2v) is 8.83. The largest absolute Gasteiger partial charge is 0.481 e. The van der Waals surface area contributed by atoms with Gasteiger partial charge in [-0.15, -0.1) is 0 Å². The van der Waals surface area contributed by atoms with E-state index in [-0.39, 0.29) is 43.0 Å². The van der Waals surface area contributed by atoms with E-state index < -0.39 is 47.1 Å². The Balaban J connectivity index is 1.47. The number of anilines is 2. The molecule has 0 aliphatic heterocycles. The average molecular weight is 552 g/mol. The Morgan fingerprint density at radius 3 is 2.50 bits per heavy atom. The lowest BCUT2D eigenvalue weighted by Crippen LogP contribution is -2.52. The fourth-order valence-electron chi connectivity index (χ4n) is 3.50. The van der Waals surface area contributed by atoms with E-state index in [1.54, 1.807) is 31.2 Å². The standard InChI is InChI=1S/C25H29N9O6/c1-3-13(24(39)40)8-18(35)12(2)31-22(37)17(26)11-30-21(36)14-4-6-15(7-5-14)28-9-16-10-29-20-19(32-16)23(38)34-25(27)33-20/h2,4-7,10,12-13,17,28H,3,8-9,11,26H2,1H3,(H,30,36)(H,31,37)(H,39,40)(H3,27,29,33,34,38)/t12-,13+,17-/m0/s1. The number of carboxylic acid groups (broad SMARTS) is 1. The first-order valence-electron chi connectivity index (χ1n) is 12.2. The Morgan fingerprint density at radius 1 is 1.15 bits per heavy atom. The van der Waals surface area contributed by atoms with Crippen LogP contribution in [-0.4, -0.2) is 67.2 Å². The van der Waals surface area contributed by atoms with Crippen LogP contribution in [0.15, 0.2) is 35.3 Å². The molecular formula is C25H29N9O6. The van der Waals surface area contributed by atoms with Crippen molar-refractivity contribution in [2.75, 3.05) is 17.6 Å². The van der Waals surface area contributed by atoms with Gasteiger partial charge >= 0.3 is 5.97 Å². The Morgan fingerprint density at radius 2 is 1.85 bits per heavy atom. The summed E-state index contributed by atoms with van der Waals surface area (Å²) in [7, 11) is 0. The molecule has 0 aliphatic carbocycles. The first-order chi connectivity index (χ1) is 19.0. The number of aromatic amines is 1. The highest BCUT2D eigenvalue weighted by Gasteiger charge is 2.25. The summed E-state index contributed by atoms with van der Waals surface area (Å²) in [4.78, 5) is 74.5. The molecule has 9 N–H and O–H groups in total. The van der Waals surface area contributed by atoms with Crippen molar-refractivity contribution in [2.24, 2.45) is 11.7 Å². The Bertz CT molecular complexity index is 1460. The van der Waals surface area contributed by atoms with Gasteiger partial charge in [0.2, 0.25) is 11.9 Å². The summed E-state index contributed by atoms with van der Waals surface area (Å²) in [6.45, 7) is 7.29. The summed E-state index contributed by atoms with van der Waals surface area (Å²) >= 11 is 0. The minimum atomic E-state index is -1.42. The average Bonchev–Trinajstić information content (AvgIpc) is 2.93. The smallest absolute Gasteiger partial charge is 0.306 e. The van der Waals surface area contributed by atoms with E-state index in [2.05, 4.69) is 35.9 Å². The number of carbonyl (C=O) groups excluding carboxylic acids is 3. The zero-order valence-corrected chi connectivity index (χ0v) is 21.5. The molecule has 0 fully saturated rings. The molecule has 3 rings (SSSR count). The molecule has 3 aromatic rings. The number of aromatic nitrogens is 4. The number of hydrogen-bond donors (Lipinski definition) is 7. The molecule has 1 aromatic carbocycles. The van der Waals surface area contributed by atoms with Crippen LogP contribution in [0.25, 0.3) is 11.2 Å². The number of hydrogen-bond acceptors (Lipinski definition) is 11. The Hall–Kier alpha value is -4.92. The van der Waals surface area contributed by atoms with Gasteiger partial charge in [0.05, 0.1) is 30.4 Å². The van der Waals surface area contributed by atoms with Crippen LogP contribution in [0.2, 0.25) is 0 Å². The molecule has 3 atom stereocenters. The van der Waals surface area contributed by atoms with Gasteiger partial charge in [0.25, 0.3) is 11.5 Å². The number of nitrogen functional groups attached to an aromatic ring is 1. The maximum absolute atomic E-state index is 12.5. The molecule has 2 amide bonds. The first-order valence-corrected chi connectivity index (χ1v) is 12.2. The van der Waals surface area contributed by atoms with E-state index in [1.165, 1.54) is 6.20 Å². The number of carbonyl (C=O) groups is 4. The van der Waals surface area contributed by atoms with Crippen molar-refractivity contribution in [3.8, 4) is 0 Å². The summed E-state index contributed by atoms with van der Waals surface area (Å²) in [5.41, 5.74) is 12.4. The minimum Gasteiger partial charge on any atom is -0.481 e. The van der Waals surface area contributed by atoms with Crippen LogP contribution in [0.1, 0.15) is 35.8 Å². The van der Waals surface area contributed by atoms with Gasteiger partial charge in [0.15, 0.2) is 16.9 Å². The summed E-state index contributed by atoms with van der Waals surface area (Å²) in [6, 6.07) is 3.78. The number of H-pyrrole nitrogens is 1. The Labute approximate surface area is 228 Å². The SMILES string of the molecule is [CH][C@H](NC(=O)[C@@H](N)CNC(=O)c1ccc(NCc2cnc3nc(N)[nH]c(=O)c3n2)cc1)C(=O)C[C@@H](CC)C(=O)O. The van der Waals surface area contributed by atoms with Crippen molar-refractivity contribution in [2.45, 2.75) is 38.4 Å². The number of ketones is 1. The number of rotatable bonds is 13. The van der Waals surface area contributed by atoms with E-state index >= 15 is 0 Å². The van der Waals surface area contributed by atoms with Crippen molar-refractivity contribution in [3.63, 3.8) is 0 Å². The van der Waals surface area contributed by atoms with Gasteiger partial charge in [-0.1, -0.05) is 6.92 Å². The Kier molecular flexibility index (Phi) is 9.81. The lowest BCUT2D eigenvalue weighted by atomic mass is 9.97. The number of Topliss-reactive ketones (excluding diaryl/α,β-unsaturated/α-hetero) is 1. The molecule has 0 saturated heterocycles. The van der Waals surface area contributed by atoms with E-state index in [9.17, 15) is 24.0 Å². The zero-order valence-electron chi connectivity index (χ0n) is 21.5. The molecule has 2 radical (unpaired) electrons. The highest BCUT2D eigenvalue weighted by atomic mass is 16.4. The fraction of sp³-hybridized carbons (Fsp3) is 0.320. The monoisotopic (exact) mass is 551 g/mol. The molecule has 0 aliphatic rings. The van der Waals surface area contributed by atoms with Gasteiger partial charge in [0.1, 0.15) is 6.04 Å². The van der Waals surface area contributed by atoms with Crippen molar-refractivity contribution in [1.29, 1.82) is 0 Å². The van der Waals surface area contributed by atoms with Crippen LogP contribution in [0.4, 0.5) is 11.6 Å². The maximum Gasteiger partial charge on any atom is 0.306 e. The molecule has 15 heteroatoms. The third kappa shape index (κ3) is 7.80. The predicted molar refractivity (Wildman–Crippen MR) is 144 cm³/mol. The van der Waals surface area contributed by atoms with Crippen molar-refractivity contribution in [1.82, 2.24) is 30.6 Å². The number of aliphatic carboxylic acids is 1. The molecule has 2 heterocycles. The normalized spacial score (nSPS) is 13.2. The number of benzene rings is 1. The van der Waals surface area contributed by atoms with Crippen LogP contribution in [0.5, 0.6) is 0 Å². The summed E-state index contributed by atoms with van der Waals surface area (Å²) < 4.78 is 0. The highest BCUT2D eigenvalue weighted by Crippen LogP contribution is 2.12. The second kappa shape index (κ2) is 13.2. The van der Waals surface area contributed by atoms with Gasteiger partial charge < -0.3 is 32.5 Å². The predicted octanol–water partition coefficient (Wildman–Crippen LogP) is -0.770. The van der Waals surface area contributed by atoms with Gasteiger partial charge in [-0.05, 0) is 37.6 Å². The summed E-state index contributed by atoms with van der Waals surface area (Å²) in [5.74, 6) is -3.99. The van der Waals surface area contributed by atoms with Crippen LogP contribution >= 0.6 is 0 Å². The van der Waals surface area contributed by atoms with Crippen LogP contribution in [-0.2, 0) is 20.9 Å². The number of nitrogens with two attached hydrogens (primary N) is 2. The number of nitrogens with one attached hydrogen (secondary N) is 4. The van der Waals surface area contributed by atoms with Gasteiger partial charge in [-0.2, -0.15) is 4.98 Å². The van der Waals surface area contributed by atoms with E-state index in [0.717, 1.165) is 0 Å². The van der Waals surface area contributed by atoms with Crippen molar-refractivity contribution >= 4 is 46.4 Å². The quantitative estimate of drug-likeness (QED) is 0.138. The van der Waals surface area contributed by atoms with Crippen LogP contribution < -0.4 is 33.0 Å². The van der Waals surface area contributed by atoms with Crippen LogP contribution in [0.3, 0.4) is 0 Å². The maximum atomic E-state index is 12.5. The first kappa shape index (κ1) is 29.6. The van der Waals surface area contributed by atoms with Gasteiger partial charge in [-0.25, -0.2) is 9.97 Å². The molecule has 2 aromatic heterocycles. The zero-order chi connectivity index (χ0) is 29.4. The van der Waals surface area contributed by atoms with E-state index in [4.69, 9.17) is 23.5 Å². The van der Waals surface area contributed by atoms with Crippen LogP contribution in [0, 0.1) is 12.8 Å². The summed E-state index contributed by atoms with van der Waals surface area (Å²) in [5, 5.41) is 16.9. The lowest BCUT2D eigenvalue weighted by molar-refractivity contribution is -0.144. The van der Waals surface area contributed by atoms with Gasteiger partial charge in [-0.3, -0.25) is 29.0 Å². The molecule has 15 nitrogen and oxygen atoms in total. The third-order valence-electron chi connectivity index (χ3n) is 5.86. The topological polar surface area (TPSA) is 248 Å². The molecule has 210 valence electrons. The molecule has 0 unspecified atom stereocenters. The fourth-order valence-corrected chi connectivity index (χ4v) is 3.50. The third-order valence-corrected chi connectivity index (χ3v) is 5.86. The second-order valence-electron chi connectivity index (χ2n) is 8.83.